The van der Waals surface area contributed by atoms with E-state index in [1.807, 2.05) is 0 Å². The molecule has 0 aliphatic carbocycles. The second-order valence-electron chi connectivity index (χ2n) is 4.92. The number of nitrogens with zero attached hydrogens (tertiary/aromatic N) is 3. The number of hydrogen-bond acceptors (Lipinski definition) is 5. The van der Waals surface area contributed by atoms with E-state index in [1.165, 1.54) is 18.5 Å². The summed E-state index contributed by atoms with van der Waals surface area (Å²) in [6.07, 6.45) is 4.07. The van der Waals surface area contributed by atoms with Gasteiger partial charge in [-0.15, -0.1) is 0 Å². The summed E-state index contributed by atoms with van der Waals surface area (Å²) in [5, 5.41) is 3.39. The lowest BCUT2D eigenvalue weighted by atomic mass is 9.94. The number of piperidine rings is 1. The van der Waals surface area contributed by atoms with Crippen molar-refractivity contribution in [2.75, 3.05) is 44.3 Å². The van der Waals surface area contributed by atoms with Crippen molar-refractivity contribution >= 4 is 5.82 Å². The standard InChI is InChI=1S/C13H20N4O/c1-3-14-4-2-11(1)12-9-13(16-10-15-12)17-5-7-18-8-6-17/h9-11,14H,1-8H2. The lowest BCUT2D eigenvalue weighted by Gasteiger charge is -2.28. The summed E-state index contributed by atoms with van der Waals surface area (Å²) in [5.41, 5.74) is 1.20. The molecule has 0 bridgehead atoms. The van der Waals surface area contributed by atoms with Gasteiger partial charge in [-0.1, -0.05) is 0 Å². The highest BCUT2D eigenvalue weighted by atomic mass is 16.5. The maximum absolute atomic E-state index is 5.37. The van der Waals surface area contributed by atoms with Crippen LogP contribution in [0.4, 0.5) is 5.82 Å². The number of ether oxygens (including phenoxy) is 1. The van der Waals surface area contributed by atoms with Crippen LogP contribution in [0.1, 0.15) is 24.5 Å². The Morgan fingerprint density at radius 2 is 1.94 bits per heavy atom. The van der Waals surface area contributed by atoms with Gasteiger partial charge in [0.15, 0.2) is 0 Å². The highest BCUT2D eigenvalue weighted by Crippen LogP contribution is 2.25. The van der Waals surface area contributed by atoms with Crippen molar-refractivity contribution in [3.05, 3.63) is 18.1 Å². The van der Waals surface area contributed by atoms with Crippen molar-refractivity contribution in [3.8, 4) is 0 Å². The van der Waals surface area contributed by atoms with Crippen molar-refractivity contribution in [1.29, 1.82) is 0 Å². The number of aromatic nitrogens is 2. The fourth-order valence-corrected chi connectivity index (χ4v) is 2.67. The highest BCUT2D eigenvalue weighted by Gasteiger charge is 2.19. The number of hydrogen-bond donors (Lipinski definition) is 1. The largest absolute Gasteiger partial charge is 0.378 e. The first kappa shape index (κ1) is 11.9. The van der Waals surface area contributed by atoms with E-state index in [0.717, 1.165) is 45.2 Å². The summed E-state index contributed by atoms with van der Waals surface area (Å²) in [5.74, 6) is 1.65. The van der Waals surface area contributed by atoms with Gasteiger partial charge >= 0.3 is 0 Å². The van der Waals surface area contributed by atoms with Crippen LogP contribution in [0.5, 0.6) is 0 Å². The Morgan fingerprint density at radius 3 is 2.72 bits per heavy atom. The van der Waals surface area contributed by atoms with E-state index >= 15 is 0 Å². The molecule has 2 aliphatic heterocycles. The zero-order chi connectivity index (χ0) is 12.2. The topological polar surface area (TPSA) is 50.3 Å². The van der Waals surface area contributed by atoms with Crippen LogP contribution < -0.4 is 10.2 Å². The quantitative estimate of drug-likeness (QED) is 0.838. The molecule has 2 fully saturated rings. The van der Waals surface area contributed by atoms with Gasteiger partial charge in [0.05, 0.1) is 13.2 Å². The minimum atomic E-state index is 0.592. The molecule has 2 aliphatic rings. The van der Waals surface area contributed by atoms with Crippen molar-refractivity contribution in [2.24, 2.45) is 0 Å². The van der Waals surface area contributed by atoms with Gasteiger partial charge in [-0.25, -0.2) is 9.97 Å². The van der Waals surface area contributed by atoms with Gasteiger partial charge in [0, 0.05) is 30.8 Å². The molecule has 1 aromatic heterocycles. The van der Waals surface area contributed by atoms with E-state index in [9.17, 15) is 0 Å². The molecule has 3 heterocycles. The second kappa shape index (κ2) is 5.63. The van der Waals surface area contributed by atoms with Crippen molar-refractivity contribution < 1.29 is 4.74 Å². The summed E-state index contributed by atoms with van der Waals surface area (Å²) in [7, 11) is 0. The number of rotatable bonds is 2. The molecule has 0 aromatic carbocycles. The Kier molecular flexibility index (Phi) is 3.71. The van der Waals surface area contributed by atoms with Crippen LogP contribution in [0.3, 0.4) is 0 Å². The Hall–Kier alpha value is -1.20. The normalized spacial score (nSPS) is 22.1. The van der Waals surface area contributed by atoms with E-state index in [0.29, 0.717) is 5.92 Å². The minimum Gasteiger partial charge on any atom is -0.378 e. The summed E-state index contributed by atoms with van der Waals surface area (Å²) in [4.78, 5) is 11.2. The van der Waals surface area contributed by atoms with Crippen LogP contribution in [-0.4, -0.2) is 49.4 Å². The average Bonchev–Trinajstić information content (AvgIpc) is 2.49. The maximum atomic E-state index is 5.37. The monoisotopic (exact) mass is 248 g/mol. The van der Waals surface area contributed by atoms with Crippen molar-refractivity contribution in [1.82, 2.24) is 15.3 Å². The molecule has 2 saturated heterocycles. The van der Waals surface area contributed by atoms with Gasteiger partial charge < -0.3 is 15.0 Å². The summed E-state index contributed by atoms with van der Waals surface area (Å²) < 4.78 is 5.37. The Morgan fingerprint density at radius 1 is 1.17 bits per heavy atom. The molecule has 1 N–H and O–H groups in total. The van der Waals surface area contributed by atoms with E-state index in [1.54, 1.807) is 6.33 Å². The molecular weight excluding hydrogens is 228 g/mol. The summed E-state index contributed by atoms with van der Waals surface area (Å²) in [6.45, 7) is 5.66. The molecule has 5 heteroatoms. The maximum Gasteiger partial charge on any atom is 0.132 e. The summed E-state index contributed by atoms with van der Waals surface area (Å²) >= 11 is 0. The fourth-order valence-electron chi connectivity index (χ4n) is 2.67. The fraction of sp³-hybridized carbons (Fsp3) is 0.692. The van der Waals surface area contributed by atoms with Gasteiger partial charge in [0.1, 0.15) is 12.1 Å². The molecule has 0 unspecified atom stereocenters. The number of anilines is 1. The van der Waals surface area contributed by atoms with Gasteiger partial charge in [0.25, 0.3) is 0 Å². The van der Waals surface area contributed by atoms with Crippen molar-refractivity contribution in [2.45, 2.75) is 18.8 Å². The van der Waals surface area contributed by atoms with Crippen LogP contribution in [0.25, 0.3) is 0 Å². The SMILES string of the molecule is c1nc(C2CCNCC2)cc(N2CCOCC2)n1. The molecule has 0 saturated carbocycles. The van der Waals surface area contributed by atoms with Gasteiger partial charge in [-0.2, -0.15) is 0 Å². The minimum absolute atomic E-state index is 0.592. The van der Waals surface area contributed by atoms with Crippen LogP contribution in [0.2, 0.25) is 0 Å². The number of morpholine rings is 1. The Labute approximate surface area is 108 Å². The zero-order valence-electron chi connectivity index (χ0n) is 10.6. The molecule has 0 radical (unpaired) electrons. The van der Waals surface area contributed by atoms with Gasteiger partial charge in [-0.05, 0) is 25.9 Å². The first-order valence-corrected chi connectivity index (χ1v) is 6.79. The summed E-state index contributed by atoms with van der Waals surface area (Å²) in [6, 6.07) is 2.17. The first-order chi connectivity index (χ1) is 8.93. The van der Waals surface area contributed by atoms with E-state index in [4.69, 9.17) is 4.74 Å². The van der Waals surface area contributed by atoms with Crippen molar-refractivity contribution in [3.63, 3.8) is 0 Å². The Bertz CT molecular complexity index is 353. The highest BCUT2D eigenvalue weighted by molar-refractivity contribution is 5.40. The van der Waals surface area contributed by atoms with Crippen LogP contribution in [-0.2, 0) is 4.74 Å². The van der Waals surface area contributed by atoms with Crippen LogP contribution in [0, 0.1) is 0 Å². The number of nitrogens with one attached hydrogen (secondary N) is 1. The first-order valence-electron chi connectivity index (χ1n) is 6.79. The third-order valence-corrected chi connectivity index (χ3v) is 3.77. The molecule has 3 rings (SSSR count). The molecule has 0 amide bonds. The average molecular weight is 248 g/mol. The van der Waals surface area contributed by atoms with Crippen LogP contribution in [0.15, 0.2) is 12.4 Å². The Balaban J connectivity index is 1.75. The third kappa shape index (κ3) is 2.62. The molecule has 1 aromatic rings. The lowest BCUT2D eigenvalue weighted by molar-refractivity contribution is 0.122. The van der Waals surface area contributed by atoms with E-state index in [2.05, 4.69) is 26.3 Å². The molecule has 0 atom stereocenters. The van der Waals surface area contributed by atoms with E-state index < -0.39 is 0 Å². The molecule has 18 heavy (non-hydrogen) atoms. The van der Waals surface area contributed by atoms with Gasteiger partial charge in [0.2, 0.25) is 0 Å². The predicted octanol–water partition coefficient (Wildman–Crippen LogP) is 0.780. The molecular formula is C13H20N4O. The molecule has 0 spiro atoms. The predicted molar refractivity (Wildman–Crippen MR) is 69.9 cm³/mol. The van der Waals surface area contributed by atoms with E-state index in [-0.39, 0.29) is 0 Å². The third-order valence-electron chi connectivity index (χ3n) is 3.77. The lowest BCUT2D eigenvalue weighted by Crippen LogP contribution is -2.37. The second-order valence-corrected chi connectivity index (χ2v) is 4.92. The molecule has 98 valence electrons. The van der Waals surface area contributed by atoms with Gasteiger partial charge in [-0.3, -0.25) is 0 Å². The smallest absolute Gasteiger partial charge is 0.132 e. The zero-order valence-corrected chi connectivity index (χ0v) is 10.6. The molecule has 5 nitrogen and oxygen atoms in total. The van der Waals surface area contributed by atoms with Crippen LogP contribution >= 0.6 is 0 Å².